The van der Waals surface area contributed by atoms with Crippen LogP contribution in [-0.4, -0.2) is 105 Å². The topological polar surface area (TPSA) is 317 Å². The van der Waals surface area contributed by atoms with Crippen LogP contribution in [0.2, 0.25) is 0 Å². The maximum Gasteiger partial charge on any atom is 0.326 e. The molecule has 4 amide bonds. The first-order valence-electron chi connectivity index (χ1n) is 15.8. The van der Waals surface area contributed by atoms with Crippen molar-refractivity contribution in [1.29, 1.82) is 0 Å². The predicted molar refractivity (Wildman–Crippen MR) is 179 cm³/mol. The first kappa shape index (κ1) is 39.9. The van der Waals surface area contributed by atoms with Crippen molar-refractivity contribution < 1.29 is 44.1 Å². The highest BCUT2D eigenvalue weighted by atomic mass is 16.4. The van der Waals surface area contributed by atoms with Gasteiger partial charge >= 0.3 is 11.9 Å². The lowest BCUT2D eigenvalue weighted by Crippen LogP contribution is -2.59. The zero-order valence-electron chi connectivity index (χ0n) is 27.5. The lowest BCUT2D eigenvalue weighted by atomic mass is 10.0. The van der Waals surface area contributed by atoms with Crippen LogP contribution in [0.1, 0.15) is 51.5 Å². The minimum absolute atomic E-state index is 0.0853. The van der Waals surface area contributed by atoms with Crippen LogP contribution < -0.4 is 38.5 Å². The molecule has 0 saturated heterocycles. The normalized spacial score (nSPS) is 14.1. The Kier molecular flexibility index (Phi) is 15.9. The van der Waals surface area contributed by atoms with E-state index in [0.717, 1.165) is 10.9 Å². The van der Waals surface area contributed by atoms with Crippen LogP contribution in [0.15, 0.2) is 35.5 Å². The van der Waals surface area contributed by atoms with Crippen LogP contribution in [0.5, 0.6) is 0 Å². The zero-order valence-corrected chi connectivity index (χ0v) is 27.5. The summed E-state index contributed by atoms with van der Waals surface area (Å²) in [5, 5.41) is 39.2. The van der Waals surface area contributed by atoms with Gasteiger partial charge in [-0.2, -0.15) is 0 Å². The summed E-state index contributed by atoms with van der Waals surface area (Å²) < 4.78 is 0. The Bertz CT molecular complexity index is 1490. The summed E-state index contributed by atoms with van der Waals surface area (Å²) in [6.45, 7) is 2.90. The van der Waals surface area contributed by atoms with Gasteiger partial charge in [0.25, 0.3) is 0 Å². The smallest absolute Gasteiger partial charge is 0.326 e. The molecule has 2 aromatic rings. The standard InChI is InChI=1S/C31H47N9O9/c1-16(2)12-23(30(48)49)39-28(46)22(13-17-14-36-20-8-4-3-6-18(17)20)38-27(45)21(9-10-25(42)43)37-29(47)24(15-41)40-26(44)19(32)7-5-11-35-31(33)34/h3-4,6,8,14,16,19,21-24,36,41H,5,7,9-13,15,32H2,1-2H3,(H,37,47)(H,38,45)(H,39,46)(H,40,44)(H,42,43)(H,48,49)(H4,33,34,35)/t19-,21-,22-,23+,24-/m1/s1. The Labute approximate surface area is 282 Å². The third-order valence-corrected chi connectivity index (χ3v) is 7.45. The lowest BCUT2D eigenvalue weighted by Gasteiger charge is -2.26. The summed E-state index contributed by atoms with van der Waals surface area (Å²) in [5.74, 6) is -6.33. The predicted octanol–water partition coefficient (Wildman–Crippen LogP) is -1.98. The fraction of sp³-hybridized carbons (Fsp3) is 0.516. The van der Waals surface area contributed by atoms with Gasteiger partial charge < -0.3 is 58.8 Å². The number of nitrogens with two attached hydrogens (primary N) is 3. The van der Waals surface area contributed by atoms with Crippen LogP contribution in [0.3, 0.4) is 0 Å². The fourth-order valence-electron chi connectivity index (χ4n) is 4.90. The average molecular weight is 690 g/mol. The van der Waals surface area contributed by atoms with E-state index in [2.05, 4.69) is 31.2 Å². The number of nitrogens with zero attached hydrogens (tertiary/aromatic N) is 1. The molecule has 0 fully saturated rings. The number of aliphatic hydroxyl groups is 1. The number of hydrogen-bond acceptors (Lipinski definition) is 9. The van der Waals surface area contributed by atoms with Crippen LogP contribution in [0.25, 0.3) is 10.9 Å². The first-order chi connectivity index (χ1) is 23.1. The number of rotatable bonds is 21. The van der Waals surface area contributed by atoms with Crippen molar-refractivity contribution in [1.82, 2.24) is 26.3 Å². The summed E-state index contributed by atoms with van der Waals surface area (Å²) in [4.78, 5) is 83.0. The monoisotopic (exact) mass is 689 g/mol. The third kappa shape index (κ3) is 13.4. The molecule has 0 bridgehead atoms. The number of fused-ring (bicyclic) bond motifs is 1. The second kappa shape index (κ2) is 19.6. The molecule has 270 valence electrons. The Hall–Kier alpha value is -5.23. The highest BCUT2D eigenvalue weighted by molar-refractivity contribution is 5.96. The van der Waals surface area contributed by atoms with E-state index >= 15 is 0 Å². The van der Waals surface area contributed by atoms with Gasteiger partial charge in [0.1, 0.15) is 24.2 Å². The largest absolute Gasteiger partial charge is 0.481 e. The number of aliphatic imine (C=N–C) groups is 1. The van der Waals surface area contributed by atoms with Crippen LogP contribution in [-0.2, 0) is 35.2 Å². The molecule has 14 N–H and O–H groups in total. The summed E-state index contributed by atoms with van der Waals surface area (Å²) in [6.07, 6.45) is 1.17. The molecule has 0 aliphatic carbocycles. The van der Waals surface area contributed by atoms with Crippen molar-refractivity contribution in [2.45, 2.75) is 82.6 Å². The highest BCUT2D eigenvalue weighted by Gasteiger charge is 2.32. The Morgan fingerprint density at radius 2 is 1.43 bits per heavy atom. The molecular weight excluding hydrogens is 642 g/mol. The molecule has 0 saturated carbocycles. The molecule has 1 aromatic carbocycles. The number of carbonyl (C=O) groups is 6. The molecule has 0 aliphatic rings. The Balaban J connectivity index is 2.27. The Morgan fingerprint density at radius 3 is 2.04 bits per heavy atom. The van der Waals surface area contributed by atoms with Gasteiger partial charge in [-0.1, -0.05) is 32.0 Å². The number of para-hydroxylation sites is 1. The van der Waals surface area contributed by atoms with E-state index in [1.807, 2.05) is 6.07 Å². The number of carbonyl (C=O) groups excluding carboxylic acids is 4. The van der Waals surface area contributed by atoms with E-state index < -0.39 is 85.2 Å². The van der Waals surface area contributed by atoms with Crippen molar-refractivity contribution >= 4 is 52.4 Å². The van der Waals surface area contributed by atoms with E-state index in [9.17, 15) is 44.1 Å². The number of carboxylic acid groups (broad SMARTS) is 2. The number of aliphatic hydroxyl groups excluding tert-OH is 1. The zero-order chi connectivity index (χ0) is 36.7. The number of H-pyrrole nitrogens is 1. The van der Waals surface area contributed by atoms with E-state index in [4.69, 9.17) is 17.2 Å². The van der Waals surface area contributed by atoms with Crippen molar-refractivity contribution in [2.24, 2.45) is 28.1 Å². The average Bonchev–Trinajstić information content (AvgIpc) is 3.44. The molecule has 18 nitrogen and oxygen atoms in total. The van der Waals surface area contributed by atoms with Crippen LogP contribution >= 0.6 is 0 Å². The van der Waals surface area contributed by atoms with Crippen LogP contribution in [0, 0.1) is 5.92 Å². The molecule has 0 aliphatic heterocycles. The maximum atomic E-state index is 13.6. The molecule has 2 rings (SSSR count). The first-order valence-corrected chi connectivity index (χ1v) is 15.8. The minimum Gasteiger partial charge on any atom is -0.481 e. The summed E-state index contributed by atoms with van der Waals surface area (Å²) in [6, 6.07) is 0.397. The number of benzene rings is 1. The molecule has 0 unspecified atom stereocenters. The molecule has 18 heteroatoms. The van der Waals surface area contributed by atoms with E-state index in [1.54, 1.807) is 38.2 Å². The fourth-order valence-corrected chi connectivity index (χ4v) is 4.90. The molecule has 0 radical (unpaired) electrons. The summed E-state index contributed by atoms with van der Waals surface area (Å²) >= 11 is 0. The van der Waals surface area contributed by atoms with Gasteiger partial charge in [0.05, 0.1) is 12.6 Å². The van der Waals surface area contributed by atoms with Gasteiger partial charge in [-0.25, -0.2) is 4.79 Å². The summed E-state index contributed by atoms with van der Waals surface area (Å²) in [7, 11) is 0. The molecule has 49 heavy (non-hydrogen) atoms. The van der Waals surface area contributed by atoms with E-state index in [-0.39, 0.29) is 37.7 Å². The SMILES string of the molecule is CC(C)C[C@H](NC(=O)[C@@H](Cc1c[nH]c2ccccc12)NC(=O)[C@@H](CCC(=O)O)NC(=O)[C@@H](CO)NC(=O)[C@H](N)CCCN=C(N)N)C(=O)O. The van der Waals surface area contributed by atoms with E-state index in [0.29, 0.717) is 12.0 Å². The summed E-state index contributed by atoms with van der Waals surface area (Å²) in [5.41, 5.74) is 17.8. The van der Waals surface area contributed by atoms with Crippen molar-refractivity contribution in [3.63, 3.8) is 0 Å². The van der Waals surface area contributed by atoms with Gasteiger partial charge in [-0.15, -0.1) is 0 Å². The number of guanidine groups is 1. The maximum absolute atomic E-state index is 13.6. The number of carboxylic acids is 2. The van der Waals surface area contributed by atoms with Gasteiger partial charge in [-0.3, -0.25) is 29.0 Å². The Morgan fingerprint density at radius 1 is 0.837 bits per heavy atom. The number of aromatic amines is 1. The highest BCUT2D eigenvalue weighted by Crippen LogP contribution is 2.19. The quantitative estimate of drug-likeness (QED) is 0.0386. The minimum atomic E-state index is -1.56. The number of amides is 4. The van der Waals surface area contributed by atoms with Gasteiger partial charge in [0.2, 0.25) is 23.6 Å². The molecular formula is C31H47N9O9. The number of aromatic nitrogens is 1. The van der Waals surface area contributed by atoms with Crippen LogP contribution in [0.4, 0.5) is 0 Å². The van der Waals surface area contributed by atoms with Gasteiger partial charge in [0, 0.05) is 36.5 Å². The number of nitrogens with one attached hydrogen (secondary N) is 5. The number of hydrogen-bond donors (Lipinski definition) is 11. The molecule has 1 aromatic heterocycles. The number of aliphatic carboxylic acids is 2. The molecule has 1 heterocycles. The van der Waals surface area contributed by atoms with Crippen molar-refractivity contribution in [3.8, 4) is 0 Å². The molecule has 5 atom stereocenters. The van der Waals surface area contributed by atoms with E-state index in [1.165, 1.54) is 0 Å². The second-order valence-corrected chi connectivity index (χ2v) is 11.9. The van der Waals surface area contributed by atoms with Gasteiger partial charge in [-0.05, 0) is 43.2 Å². The van der Waals surface area contributed by atoms with Crippen molar-refractivity contribution in [2.75, 3.05) is 13.2 Å². The lowest BCUT2D eigenvalue weighted by molar-refractivity contribution is -0.142. The molecule has 0 spiro atoms. The second-order valence-electron chi connectivity index (χ2n) is 11.9. The van der Waals surface area contributed by atoms with Crippen molar-refractivity contribution in [3.05, 3.63) is 36.0 Å². The van der Waals surface area contributed by atoms with Gasteiger partial charge in [0.15, 0.2) is 5.96 Å². The third-order valence-electron chi connectivity index (χ3n) is 7.45.